The normalized spacial score (nSPS) is 17.6. The molecule has 1 aliphatic rings. The summed E-state index contributed by atoms with van der Waals surface area (Å²) in [5, 5.41) is 3.46. The first kappa shape index (κ1) is 18.2. The van der Waals surface area contributed by atoms with Crippen molar-refractivity contribution < 1.29 is 4.74 Å². The Kier molecular flexibility index (Phi) is 6.10. The Morgan fingerprint density at radius 3 is 2.73 bits per heavy atom. The van der Waals surface area contributed by atoms with Crippen molar-refractivity contribution in [3.8, 4) is 5.88 Å². The molecule has 0 aliphatic carbocycles. The van der Waals surface area contributed by atoms with Gasteiger partial charge >= 0.3 is 0 Å². The van der Waals surface area contributed by atoms with Gasteiger partial charge in [0.2, 0.25) is 5.88 Å². The Labute approximate surface area is 156 Å². The number of guanidine groups is 1. The third-order valence-electron chi connectivity index (χ3n) is 4.58. The molecule has 0 amide bonds. The molecule has 26 heavy (non-hydrogen) atoms. The lowest BCUT2D eigenvalue weighted by Crippen LogP contribution is -2.39. The summed E-state index contributed by atoms with van der Waals surface area (Å²) in [5.41, 5.74) is 2.52. The molecule has 1 saturated heterocycles. The second kappa shape index (κ2) is 8.70. The monoisotopic (exact) mass is 352 g/mol. The van der Waals surface area contributed by atoms with Crippen LogP contribution in [0.4, 0.5) is 0 Å². The van der Waals surface area contributed by atoms with Crippen LogP contribution in [-0.2, 0) is 6.54 Å². The number of pyridine rings is 1. The fourth-order valence-electron chi connectivity index (χ4n) is 3.29. The number of hydrogen-bond donors (Lipinski definition) is 1. The number of rotatable bonds is 5. The topological polar surface area (TPSA) is 49.8 Å². The number of benzene rings is 1. The maximum atomic E-state index is 5.59. The first-order valence-electron chi connectivity index (χ1n) is 9.28. The first-order valence-corrected chi connectivity index (χ1v) is 9.28. The van der Waals surface area contributed by atoms with E-state index in [4.69, 9.17) is 4.74 Å². The molecule has 3 rings (SSSR count). The molecule has 5 heteroatoms. The van der Waals surface area contributed by atoms with Crippen LogP contribution in [0.3, 0.4) is 0 Å². The van der Waals surface area contributed by atoms with Crippen LogP contribution in [0.1, 0.15) is 37.3 Å². The van der Waals surface area contributed by atoms with Crippen molar-refractivity contribution in [3.63, 3.8) is 0 Å². The van der Waals surface area contributed by atoms with E-state index in [0.29, 0.717) is 18.3 Å². The molecule has 2 heterocycles. The average Bonchev–Trinajstić information content (AvgIpc) is 3.14. The second-order valence-corrected chi connectivity index (χ2v) is 6.91. The lowest BCUT2D eigenvalue weighted by atomic mass is 9.99. The van der Waals surface area contributed by atoms with E-state index in [1.807, 2.05) is 39.2 Å². The minimum absolute atomic E-state index is 0.137. The van der Waals surface area contributed by atoms with Gasteiger partial charge in [0.05, 0.1) is 6.10 Å². The Morgan fingerprint density at radius 2 is 2.08 bits per heavy atom. The van der Waals surface area contributed by atoms with Crippen molar-refractivity contribution in [2.24, 2.45) is 4.99 Å². The van der Waals surface area contributed by atoms with E-state index >= 15 is 0 Å². The summed E-state index contributed by atoms with van der Waals surface area (Å²) >= 11 is 0. The van der Waals surface area contributed by atoms with E-state index in [2.05, 4.69) is 50.5 Å². The van der Waals surface area contributed by atoms with Crippen LogP contribution in [0.15, 0.2) is 53.7 Å². The maximum absolute atomic E-state index is 5.59. The summed E-state index contributed by atoms with van der Waals surface area (Å²) in [4.78, 5) is 11.1. The van der Waals surface area contributed by atoms with Gasteiger partial charge in [-0.1, -0.05) is 36.4 Å². The number of aromatic nitrogens is 1. The molecule has 1 unspecified atom stereocenters. The van der Waals surface area contributed by atoms with Crippen LogP contribution in [-0.4, -0.2) is 42.1 Å². The predicted octanol–water partition coefficient (Wildman–Crippen LogP) is 3.43. The van der Waals surface area contributed by atoms with Crippen LogP contribution in [0.25, 0.3) is 0 Å². The molecule has 0 radical (unpaired) electrons. The van der Waals surface area contributed by atoms with Gasteiger partial charge in [-0.2, -0.15) is 0 Å². The molecule has 0 saturated carbocycles. The average molecular weight is 352 g/mol. The van der Waals surface area contributed by atoms with Gasteiger partial charge in [-0.15, -0.1) is 0 Å². The van der Waals surface area contributed by atoms with E-state index < -0.39 is 0 Å². The quantitative estimate of drug-likeness (QED) is 0.662. The largest absolute Gasteiger partial charge is 0.475 e. The Morgan fingerprint density at radius 1 is 1.27 bits per heavy atom. The van der Waals surface area contributed by atoms with Crippen molar-refractivity contribution in [1.82, 2.24) is 15.2 Å². The summed E-state index contributed by atoms with van der Waals surface area (Å²) in [6.45, 7) is 6.73. The summed E-state index contributed by atoms with van der Waals surface area (Å²) in [6.07, 6.45) is 3.15. The smallest absolute Gasteiger partial charge is 0.213 e. The van der Waals surface area contributed by atoms with Gasteiger partial charge in [0.1, 0.15) is 0 Å². The molecular formula is C21H28N4O. The van der Waals surface area contributed by atoms with E-state index in [1.165, 1.54) is 5.56 Å². The molecule has 1 aromatic heterocycles. The molecule has 1 atom stereocenters. The first-order chi connectivity index (χ1) is 12.7. The van der Waals surface area contributed by atoms with Crippen LogP contribution in [0.5, 0.6) is 5.88 Å². The Bertz CT molecular complexity index is 713. The van der Waals surface area contributed by atoms with Gasteiger partial charge in [0.25, 0.3) is 0 Å². The molecule has 2 aromatic rings. The van der Waals surface area contributed by atoms with Crippen LogP contribution < -0.4 is 10.1 Å². The summed E-state index contributed by atoms with van der Waals surface area (Å²) in [7, 11) is 1.84. The highest BCUT2D eigenvalue weighted by molar-refractivity contribution is 5.80. The number of hydrogen-bond acceptors (Lipinski definition) is 3. The highest BCUT2D eigenvalue weighted by Gasteiger charge is 2.25. The number of aliphatic imine (C=N–C) groups is 1. The molecule has 5 nitrogen and oxygen atoms in total. The van der Waals surface area contributed by atoms with Gasteiger partial charge in [-0.3, -0.25) is 4.99 Å². The third kappa shape index (κ3) is 4.75. The van der Waals surface area contributed by atoms with Crippen molar-refractivity contribution in [2.45, 2.75) is 38.8 Å². The van der Waals surface area contributed by atoms with Gasteiger partial charge in [0, 0.05) is 44.9 Å². The van der Waals surface area contributed by atoms with Crippen LogP contribution in [0, 0.1) is 0 Å². The predicted molar refractivity (Wildman–Crippen MR) is 106 cm³/mol. The third-order valence-corrected chi connectivity index (χ3v) is 4.58. The standard InChI is InChI=1S/C21H28N4O/c1-16(2)26-20-10-9-17(13-23-20)14-24-21(22-3)25-12-11-19(15-25)18-7-5-4-6-8-18/h4-10,13,16,19H,11-12,14-15H2,1-3H3,(H,22,24). The van der Waals surface area contributed by atoms with E-state index in [0.717, 1.165) is 31.0 Å². The van der Waals surface area contributed by atoms with Crippen molar-refractivity contribution in [2.75, 3.05) is 20.1 Å². The Balaban J connectivity index is 1.54. The summed E-state index contributed by atoms with van der Waals surface area (Å²) in [5.74, 6) is 2.19. The molecule has 1 aromatic carbocycles. The molecular weight excluding hydrogens is 324 g/mol. The number of likely N-dealkylation sites (tertiary alicyclic amines) is 1. The highest BCUT2D eigenvalue weighted by atomic mass is 16.5. The van der Waals surface area contributed by atoms with Crippen LogP contribution >= 0.6 is 0 Å². The summed E-state index contributed by atoms with van der Waals surface area (Å²) < 4.78 is 5.59. The lowest BCUT2D eigenvalue weighted by Gasteiger charge is -2.22. The molecule has 0 spiro atoms. The molecule has 0 bridgehead atoms. The molecule has 1 N–H and O–H groups in total. The zero-order chi connectivity index (χ0) is 18.4. The highest BCUT2D eigenvalue weighted by Crippen LogP contribution is 2.26. The minimum Gasteiger partial charge on any atom is -0.475 e. The van der Waals surface area contributed by atoms with Gasteiger partial charge in [0.15, 0.2) is 5.96 Å². The number of nitrogens with one attached hydrogen (secondary N) is 1. The zero-order valence-corrected chi connectivity index (χ0v) is 15.9. The fourth-order valence-corrected chi connectivity index (χ4v) is 3.29. The van der Waals surface area contributed by atoms with Gasteiger partial charge in [-0.25, -0.2) is 4.98 Å². The van der Waals surface area contributed by atoms with E-state index in [-0.39, 0.29) is 6.10 Å². The number of nitrogens with zero attached hydrogens (tertiary/aromatic N) is 3. The Hall–Kier alpha value is -2.56. The van der Waals surface area contributed by atoms with E-state index in [9.17, 15) is 0 Å². The molecule has 1 aliphatic heterocycles. The molecule has 138 valence electrons. The van der Waals surface area contributed by atoms with Crippen molar-refractivity contribution >= 4 is 5.96 Å². The second-order valence-electron chi connectivity index (χ2n) is 6.91. The van der Waals surface area contributed by atoms with E-state index in [1.54, 1.807) is 0 Å². The zero-order valence-electron chi connectivity index (χ0n) is 15.9. The fraction of sp³-hybridized carbons (Fsp3) is 0.429. The molecule has 1 fully saturated rings. The summed E-state index contributed by atoms with van der Waals surface area (Å²) in [6, 6.07) is 14.7. The van der Waals surface area contributed by atoms with Crippen molar-refractivity contribution in [1.29, 1.82) is 0 Å². The van der Waals surface area contributed by atoms with Crippen molar-refractivity contribution in [3.05, 3.63) is 59.8 Å². The van der Waals surface area contributed by atoms with Crippen LogP contribution in [0.2, 0.25) is 0 Å². The number of ether oxygens (including phenoxy) is 1. The SMILES string of the molecule is CN=C(NCc1ccc(OC(C)C)nc1)N1CCC(c2ccccc2)C1. The van der Waals surface area contributed by atoms with Gasteiger partial charge < -0.3 is 15.0 Å². The van der Waals surface area contributed by atoms with Gasteiger partial charge in [-0.05, 0) is 31.4 Å². The lowest BCUT2D eigenvalue weighted by molar-refractivity contribution is 0.232. The minimum atomic E-state index is 0.137. The maximum Gasteiger partial charge on any atom is 0.213 e.